The van der Waals surface area contributed by atoms with E-state index < -0.39 is 5.79 Å². The van der Waals surface area contributed by atoms with Crippen molar-refractivity contribution in [1.82, 2.24) is 14.9 Å². The lowest BCUT2D eigenvalue weighted by atomic mass is 10.0. The van der Waals surface area contributed by atoms with Crippen molar-refractivity contribution in [2.45, 2.75) is 25.6 Å². The fraction of sp³-hybridized carbons (Fsp3) is 0.400. The Balaban J connectivity index is 1.42. The number of hydrogen-bond acceptors (Lipinski definition) is 7. The van der Waals surface area contributed by atoms with Crippen LogP contribution < -0.4 is 10.6 Å². The van der Waals surface area contributed by atoms with Gasteiger partial charge in [-0.05, 0) is 24.3 Å². The number of ether oxygens (including phenoxy) is 2. The number of rotatable bonds is 4. The summed E-state index contributed by atoms with van der Waals surface area (Å²) in [5.74, 6) is -0.501. The number of hydrogen-bond donors (Lipinski definition) is 2. The number of carbonyl (C=O) groups is 2. The van der Waals surface area contributed by atoms with Crippen molar-refractivity contribution in [2.75, 3.05) is 36.9 Å². The average molecular weight is 397 g/mol. The van der Waals surface area contributed by atoms with E-state index >= 15 is 0 Å². The lowest BCUT2D eigenvalue weighted by molar-refractivity contribution is -0.181. The maximum atomic E-state index is 12.9. The zero-order chi connectivity index (χ0) is 20.3. The maximum absolute atomic E-state index is 12.9. The Kier molecular flexibility index (Phi) is 5.41. The Labute approximate surface area is 168 Å². The standard InChI is InChI=1S/C20H23N5O4/c1-14(26)22-15-3-2-4-16(13-15)23-19-21-8-5-17(24-19)18(27)25-9-6-20(7-10-25)28-11-12-29-20/h2-5,8,13H,6-7,9-12H2,1H3,(H,22,26)(H,21,23,24). The van der Waals surface area contributed by atoms with Gasteiger partial charge in [0.05, 0.1) is 13.2 Å². The summed E-state index contributed by atoms with van der Waals surface area (Å²) >= 11 is 0. The molecule has 9 heteroatoms. The topological polar surface area (TPSA) is 106 Å². The summed E-state index contributed by atoms with van der Waals surface area (Å²) in [6.45, 7) is 3.79. The molecule has 2 aliphatic rings. The lowest BCUT2D eigenvalue weighted by Crippen LogP contribution is -2.47. The molecule has 2 saturated heterocycles. The second kappa shape index (κ2) is 8.14. The molecule has 2 N–H and O–H groups in total. The number of anilines is 3. The molecule has 2 aromatic rings. The molecule has 4 rings (SSSR count). The summed E-state index contributed by atoms with van der Waals surface area (Å²) < 4.78 is 11.4. The molecule has 0 saturated carbocycles. The van der Waals surface area contributed by atoms with Crippen LogP contribution in [0.2, 0.25) is 0 Å². The first-order chi connectivity index (χ1) is 14.0. The number of benzene rings is 1. The van der Waals surface area contributed by atoms with Gasteiger partial charge in [0.1, 0.15) is 5.69 Å². The van der Waals surface area contributed by atoms with E-state index in [0.717, 1.165) is 0 Å². The molecular weight excluding hydrogens is 374 g/mol. The highest BCUT2D eigenvalue weighted by molar-refractivity contribution is 5.92. The molecule has 152 valence electrons. The number of nitrogens with zero attached hydrogens (tertiary/aromatic N) is 3. The third-order valence-corrected chi connectivity index (χ3v) is 4.94. The molecule has 2 aliphatic heterocycles. The summed E-state index contributed by atoms with van der Waals surface area (Å²) in [5, 5.41) is 5.79. The van der Waals surface area contributed by atoms with Crippen LogP contribution in [0.3, 0.4) is 0 Å². The minimum Gasteiger partial charge on any atom is -0.347 e. The molecule has 0 radical (unpaired) electrons. The van der Waals surface area contributed by atoms with Gasteiger partial charge in [-0.1, -0.05) is 6.07 Å². The van der Waals surface area contributed by atoms with Crippen molar-refractivity contribution >= 4 is 29.1 Å². The number of carbonyl (C=O) groups excluding carboxylic acids is 2. The number of amides is 2. The van der Waals surface area contributed by atoms with Crippen LogP contribution in [0.15, 0.2) is 36.5 Å². The van der Waals surface area contributed by atoms with Crippen molar-refractivity contribution in [3.8, 4) is 0 Å². The monoisotopic (exact) mass is 397 g/mol. The van der Waals surface area contributed by atoms with E-state index in [1.54, 1.807) is 35.4 Å². The molecule has 3 heterocycles. The number of aromatic nitrogens is 2. The minimum atomic E-state index is -0.520. The van der Waals surface area contributed by atoms with Crippen molar-refractivity contribution in [3.63, 3.8) is 0 Å². The van der Waals surface area contributed by atoms with Gasteiger partial charge < -0.3 is 25.0 Å². The second-order valence-electron chi connectivity index (χ2n) is 7.05. The molecule has 0 unspecified atom stereocenters. The number of likely N-dealkylation sites (tertiary alicyclic amines) is 1. The van der Waals surface area contributed by atoms with E-state index in [0.29, 0.717) is 62.2 Å². The van der Waals surface area contributed by atoms with Gasteiger partial charge in [-0.15, -0.1) is 0 Å². The summed E-state index contributed by atoms with van der Waals surface area (Å²) in [6, 6.07) is 8.79. The Morgan fingerprint density at radius 1 is 1.10 bits per heavy atom. The molecule has 0 atom stereocenters. The van der Waals surface area contributed by atoms with Crippen LogP contribution >= 0.6 is 0 Å². The first-order valence-corrected chi connectivity index (χ1v) is 9.58. The van der Waals surface area contributed by atoms with Gasteiger partial charge >= 0.3 is 0 Å². The van der Waals surface area contributed by atoms with Gasteiger partial charge in [0.2, 0.25) is 11.9 Å². The molecule has 0 aliphatic carbocycles. The van der Waals surface area contributed by atoms with Gasteiger partial charge in [-0.3, -0.25) is 9.59 Å². The number of nitrogens with one attached hydrogen (secondary N) is 2. The van der Waals surface area contributed by atoms with Crippen LogP contribution in [0.4, 0.5) is 17.3 Å². The van der Waals surface area contributed by atoms with E-state index in [4.69, 9.17) is 9.47 Å². The van der Waals surface area contributed by atoms with Crippen LogP contribution in [-0.2, 0) is 14.3 Å². The third kappa shape index (κ3) is 4.52. The Morgan fingerprint density at radius 2 is 1.83 bits per heavy atom. The van der Waals surface area contributed by atoms with Crippen LogP contribution in [0, 0.1) is 0 Å². The Hall–Kier alpha value is -3.04. The fourth-order valence-corrected chi connectivity index (χ4v) is 3.54. The quantitative estimate of drug-likeness (QED) is 0.814. The highest BCUT2D eigenvalue weighted by Crippen LogP contribution is 2.31. The van der Waals surface area contributed by atoms with Crippen LogP contribution in [-0.4, -0.2) is 58.8 Å². The Morgan fingerprint density at radius 3 is 2.55 bits per heavy atom. The zero-order valence-electron chi connectivity index (χ0n) is 16.2. The minimum absolute atomic E-state index is 0.143. The first-order valence-electron chi connectivity index (χ1n) is 9.58. The summed E-state index contributed by atoms with van der Waals surface area (Å²) in [4.78, 5) is 34.4. The maximum Gasteiger partial charge on any atom is 0.272 e. The first kappa shape index (κ1) is 19.3. The largest absolute Gasteiger partial charge is 0.347 e. The molecule has 1 aromatic carbocycles. The average Bonchev–Trinajstić information content (AvgIpc) is 3.16. The highest BCUT2D eigenvalue weighted by atomic mass is 16.7. The van der Waals surface area contributed by atoms with Gasteiger partial charge in [0.25, 0.3) is 5.91 Å². The second-order valence-corrected chi connectivity index (χ2v) is 7.05. The Bertz CT molecular complexity index is 903. The van der Waals surface area contributed by atoms with Crippen LogP contribution in [0.1, 0.15) is 30.3 Å². The molecule has 1 aromatic heterocycles. The fourth-order valence-electron chi connectivity index (χ4n) is 3.54. The van der Waals surface area contributed by atoms with E-state index in [-0.39, 0.29) is 11.8 Å². The molecule has 0 bridgehead atoms. The molecule has 2 amide bonds. The van der Waals surface area contributed by atoms with Crippen molar-refractivity contribution in [3.05, 3.63) is 42.2 Å². The third-order valence-electron chi connectivity index (χ3n) is 4.94. The molecular formula is C20H23N5O4. The van der Waals surface area contributed by atoms with Crippen LogP contribution in [0.5, 0.6) is 0 Å². The van der Waals surface area contributed by atoms with Gasteiger partial charge in [0.15, 0.2) is 5.79 Å². The molecule has 29 heavy (non-hydrogen) atoms. The van der Waals surface area contributed by atoms with Crippen LogP contribution in [0.25, 0.3) is 0 Å². The summed E-state index contributed by atoms with van der Waals surface area (Å²) in [5.41, 5.74) is 1.69. The van der Waals surface area contributed by atoms with Crippen molar-refractivity contribution in [1.29, 1.82) is 0 Å². The molecule has 9 nitrogen and oxygen atoms in total. The van der Waals surface area contributed by atoms with E-state index in [2.05, 4.69) is 20.6 Å². The predicted molar refractivity (Wildman–Crippen MR) is 106 cm³/mol. The predicted octanol–water partition coefficient (Wildman–Crippen LogP) is 2.16. The van der Waals surface area contributed by atoms with Crippen molar-refractivity contribution < 1.29 is 19.1 Å². The highest BCUT2D eigenvalue weighted by Gasteiger charge is 2.41. The van der Waals surface area contributed by atoms with E-state index in [9.17, 15) is 9.59 Å². The smallest absolute Gasteiger partial charge is 0.272 e. The SMILES string of the molecule is CC(=O)Nc1cccc(Nc2nccc(C(=O)N3CCC4(CC3)OCCO4)n2)c1. The molecule has 2 fully saturated rings. The normalized spacial score (nSPS) is 17.9. The van der Waals surface area contributed by atoms with Gasteiger partial charge in [-0.2, -0.15) is 0 Å². The molecule has 1 spiro atoms. The van der Waals surface area contributed by atoms with Gasteiger partial charge in [0, 0.05) is 50.4 Å². The summed E-state index contributed by atoms with van der Waals surface area (Å²) in [7, 11) is 0. The zero-order valence-corrected chi connectivity index (χ0v) is 16.2. The lowest BCUT2D eigenvalue weighted by Gasteiger charge is -2.37. The van der Waals surface area contributed by atoms with Gasteiger partial charge in [-0.25, -0.2) is 9.97 Å². The summed E-state index contributed by atoms with van der Waals surface area (Å²) in [6.07, 6.45) is 2.87. The number of piperidine rings is 1. The van der Waals surface area contributed by atoms with E-state index in [1.165, 1.54) is 6.92 Å². The van der Waals surface area contributed by atoms with E-state index in [1.807, 2.05) is 6.07 Å². The van der Waals surface area contributed by atoms with Crippen molar-refractivity contribution in [2.24, 2.45) is 0 Å².